The number of carbonyl (C=O) groups is 3. The van der Waals surface area contributed by atoms with E-state index in [2.05, 4.69) is 9.84 Å². The maximum atomic E-state index is 11.8. The van der Waals surface area contributed by atoms with Gasteiger partial charge in [0.15, 0.2) is 6.23 Å². The molecule has 0 spiro atoms. The third-order valence-electron chi connectivity index (χ3n) is 4.13. The van der Waals surface area contributed by atoms with Crippen LogP contribution in [0.2, 0.25) is 0 Å². The minimum Gasteiger partial charge on any atom is -0.377 e. The quantitative estimate of drug-likeness (QED) is 0.202. The second kappa shape index (κ2) is 10.6. The third kappa shape index (κ3) is 7.48. The number of carbonyl (C=O) groups excluding carboxylic acids is 3. The molecule has 2 atom stereocenters. The van der Waals surface area contributed by atoms with Gasteiger partial charge in [-0.15, -0.1) is 5.06 Å². The van der Waals surface area contributed by atoms with Crippen LogP contribution in [0.1, 0.15) is 12.8 Å². The second-order valence-corrected chi connectivity index (χ2v) is 7.75. The summed E-state index contributed by atoms with van der Waals surface area (Å²) in [6, 6.07) is 0. The predicted molar refractivity (Wildman–Crippen MR) is 100 cm³/mol. The summed E-state index contributed by atoms with van der Waals surface area (Å²) in [5.74, 6) is -0.490. The van der Waals surface area contributed by atoms with Gasteiger partial charge in [-0.1, -0.05) is 30.4 Å². The summed E-state index contributed by atoms with van der Waals surface area (Å²) >= 11 is 0. The Bertz CT molecular complexity index is 789. The lowest BCUT2D eigenvalue weighted by Crippen LogP contribution is -2.39. The number of nitrogens with one attached hydrogen (secondary N) is 1. The Morgan fingerprint density at radius 1 is 1.37 bits per heavy atom. The van der Waals surface area contributed by atoms with E-state index in [1.165, 1.54) is 0 Å². The number of ether oxygens (including phenoxy) is 1. The topological polar surface area (TPSA) is 172 Å². The number of aldehydes is 1. The number of phosphoric ester groups is 1. The van der Waals surface area contributed by atoms with Crippen molar-refractivity contribution in [3.05, 3.63) is 36.0 Å². The smallest absolute Gasteiger partial charge is 0.377 e. The van der Waals surface area contributed by atoms with Gasteiger partial charge >= 0.3 is 13.9 Å². The number of hydrogen-bond donors (Lipinski definition) is 4. The molecule has 1 heterocycles. The van der Waals surface area contributed by atoms with Crippen molar-refractivity contribution < 1.29 is 47.9 Å². The largest absolute Gasteiger partial charge is 0.469 e. The van der Waals surface area contributed by atoms with Crippen LogP contribution in [0.25, 0.3) is 0 Å². The van der Waals surface area contributed by atoms with E-state index in [0.717, 1.165) is 0 Å². The van der Waals surface area contributed by atoms with E-state index < -0.39 is 31.5 Å². The van der Waals surface area contributed by atoms with Crippen LogP contribution in [0.15, 0.2) is 36.0 Å². The summed E-state index contributed by atoms with van der Waals surface area (Å²) in [4.78, 5) is 56.9. The molecule has 1 aliphatic carbocycles. The lowest BCUT2D eigenvalue weighted by atomic mass is 9.90. The Morgan fingerprint density at radius 2 is 2.13 bits per heavy atom. The van der Waals surface area contributed by atoms with Crippen LogP contribution in [-0.2, 0) is 28.3 Å². The van der Waals surface area contributed by atoms with E-state index in [0.29, 0.717) is 16.9 Å². The number of aliphatic hydroxyl groups excluding tert-OH is 1. The molecule has 4 N–H and O–H groups in total. The van der Waals surface area contributed by atoms with Gasteiger partial charge in [0.2, 0.25) is 0 Å². The van der Waals surface area contributed by atoms with Crippen molar-refractivity contribution in [2.45, 2.75) is 19.1 Å². The molecule has 0 saturated carbocycles. The highest BCUT2D eigenvalue weighted by Crippen LogP contribution is 2.35. The van der Waals surface area contributed by atoms with Crippen LogP contribution in [0, 0.1) is 5.41 Å². The molecule has 30 heavy (non-hydrogen) atoms. The number of amides is 2. The molecule has 12 nitrogen and oxygen atoms in total. The third-order valence-corrected chi connectivity index (χ3v) is 4.65. The minimum atomic E-state index is -4.58. The van der Waals surface area contributed by atoms with Crippen molar-refractivity contribution in [3.8, 4) is 0 Å². The molecule has 1 aliphatic heterocycles. The average Bonchev–Trinajstić information content (AvgIpc) is 2.89. The van der Waals surface area contributed by atoms with E-state index in [-0.39, 0.29) is 39.2 Å². The fourth-order valence-electron chi connectivity index (χ4n) is 2.57. The molecule has 0 bridgehead atoms. The molecule has 2 rings (SSSR count). The number of nitrogens with zero attached hydrogens (tertiary/aromatic N) is 1. The first-order chi connectivity index (χ1) is 14.1. The molecule has 1 saturated heterocycles. The number of aliphatic hydroxyl groups is 1. The first kappa shape index (κ1) is 23.9. The van der Waals surface area contributed by atoms with Gasteiger partial charge in [0.1, 0.15) is 6.29 Å². The molecule has 0 aromatic carbocycles. The zero-order valence-corrected chi connectivity index (χ0v) is 16.8. The van der Waals surface area contributed by atoms with E-state index in [1.807, 2.05) is 0 Å². The first-order valence-corrected chi connectivity index (χ1v) is 10.4. The Morgan fingerprint density at radius 3 is 2.77 bits per heavy atom. The standard InChI is InChI=1S/C17H23N2O10P/c20-11-17(12-27-8-9-28-30(24,25)26)6-1-2-13(5-7-17)10-18-16(23)29-19-14(21)3-4-15(19)22/h1-2,5-7,11,14,21H,3-4,8-10,12H2,(H,18,23)(H2,24,25,26). The van der Waals surface area contributed by atoms with Crippen LogP contribution in [0.4, 0.5) is 4.79 Å². The lowest BCUT2D eigenvalue weighted by Gasteiger charge is -2.20. The summed E-state index contributed by atoms with van der Waals surface area (Å²) in [5.41, 5.74) is -0.488. The number of hydroxylamine groups is 2. The number of hydrogen-bond acceptors (Lipinski definition) is 8. The monoisotopic (exact) mass is 446 g/mol. The van der Waals surface area contributed by atoms with E-state index in [4.69, 9.17) is 19.4 Å². The molecule has 2 amide bonds. The molecule has 0 aromatic heterocycles. The molecule has 0 aromatic rings. The van der Waals surface area contributed by atoms with Crippen LogP contribution in [0.3, 0.4) is 0 Å². The van der Waals surface area contributed by atoms with E-state index in [1.54, 1.807) is 30.4 Å². The highest BCUT2D eigenvalue weighted by molar-refractivity contribution is 7.46. The lowest BCUT2D eigenvalue weighted by molar-refractivity contribution is -0.189. The van der Waals surface area contributed by atoms with Gasteiger partial charge in [-0.25, -0.2) is 9.36 Å². The molecule has 13 heteroatoms. The predicted octanol–water partition coefficient (Wildman–Crippen LogP) is -0.0680. The molecule has 0 radical (unpaired) electrons. The zero-order chi connectivity index (χ0) is 22.2. The van der Waals surface area contributed by atoms with Crippen LogP contribution >= 0.6 is 7.82 Å². The average molecular weight is 446 g/mol. The van der Waals surface area contributed by atoms with E-state index >= 15 is 0 Å². The van der Waals surface area contributed by atoms with Gasteiger partial charge in [-0.3, -0.25) is 9.32 Å². The van der Waals surface area contributed by atoms with Crippen LogP contribution in [0.5, 0.6) is 0 Å². The molecular weight excluding hydrogens is 423 g/mol. The highest BCUT2D eigenvalue weighted by Gasteiger charge is 2.33. The summed E-state index contributed by atoms with van der Waals surface area (Å²) in [7, 11) is -4.58. The van der Waals surface area contributed by atoms with Crippen molar-refractivity contribution in [2.24, 2.45) is 5.41 Å². The van der Waals surface area contributed by atoms with Crippen molar-refractivity contribution in [1.29, 1.82) is 0 Å². The summed E-state index contributed by atoms with van der Waals surface area (Å²) in [5, 5.41) is 12.6. The van der Waals surface area contributed by atoms with Crippen LogP contribution < -0.4 is 5.32 Å². The minimum absolute atomic E-state index is 0.0315. The van der Waals surface area contributed by atoms with Crippen LogP contribution in [-0.4, -0.2) is 70.8 Å². The first-order valence-electron chi connectivity index (χ1n) is 8.92. The summed E-state index contributed by atoms with van der Waals surface area (Å²) in [6.45, 7) is -0.517. The number of phosphoric acid groups is 1. The maximum absolute atomic E-state index is 11.8. The van der Waals surface area contributed by atoms with Gasteiger partial charge in [0.05, 0.1) is 25.2 Å². The Hall–Kier alpha value is -2.34. The van der Waals surface area contributed by atoms with Gasteiger partial charge in [0.25, 0.3) is 5.91 Å². The zero-order valence-electron chi connectivity index (χ0n) is 15.9. The summed E-state index contributed by atoms with van der Waals surface area (Å²) in [6.07, 6.45) is 6.83. The van der Waals surface area contributed by atoms with Crippen molar-refractivity contribution in [3.63, 3.8) is 0 Å². The van der Waals surface area contributed by atoms with E-state index in [9.17, 15) is 24.1 Å². The van der Waals surface area contributed by atoms with Gasteiger partial charge < -0.3 is 34.6 Å². The molecule has 2 unspecified atom stereocenters. The number of rotatable bonds is 10. The fraction of sp³-hybridized carbons (Fsp3) is 0.471. The molecule has 166 valence electrons. The molecule has 1 fully saturated rings. The van der Waals surface area contributed by atoms with Crippen molar-refractivity contribution in [2.75, 3.05) is 26.4 Å². The fourth-order valence-corrected chi connectivity index (χ4v) is 2.88. The summed E-state index contributed by atoms with van der Waals surface area (Å²) < 4.78 is 20.1. The number of allylic oxidation sites excluding steroid dienone is 2. The van der Waals surface area contributed by atoms with Gasteiger partial charge in [0, 0.05) is 19.4 Å². The van der Waals surface area contributed by atoms with Crippen molar-refractivity contribution in [1.82, 2.24) is 10.4 Å². The Balaban J connectivity index is 1.81. The Kier molecular flexibility index (Phi) is 8.47. The second-order valence-electron chi connectivity index (χ2n) is 6.51. The van der Waals surface area contributed by atoms with Crippen molar-refractivity contribution >= 4 is 26.1 Å². The highest BCUT2D eigenvalue weighted by atomic mass is 31.2. The maximum Gasteiger partial charge on any atom is 0.469 e. The van der Waals surface area contributed by atoms with Gasteiger partial charge in [-0.05, 0) is 5.57 Å². The Labute approximate surface area is 172 Å². The SMILES string of the molecule is O=CC1(COCCOP(=O)(O)O)C=CC=C(CNC(=O)ON2C(=O)CCC2O)C=C1. The van der Waals surface area contributed by atoms with Gasteiger partial charge in [-0.2, -0.15) is 0 Å². The normalized spacial score (nSPS) is 23.8. The molecular formula is C17H23N2O10P. The molecule has 2 aliphatic rings.